The number of hydrogen-bond donors (Lipinski definition) is 1. The molecule has 0 aromatic heterocycles. The summed E-state index contributed by atoms with van der Waals surface area (Å²) < 4.78 is 10.0. The minimum absolute atomic E-state index is 0.110. The van der Waals surface area contributed by atoms with E-state index in [0.717, 1.165) is 0 Å². The van der Waals surface area contributed by atoms with Crippen molar-refractivity contribution in [2.75, 3.05) is 18.9 Å². The van der Waals surface area contributed by atoms with Gasteiger partial charge in [-0.15, -0.1) is 0 Å². The highest BCUT2D eigenvalue weighted by molar-refractivity contribution is 6.17. The topological polar surface area (TPSA) is 78.6 Å². The molecule has 5 nitrogen and oxygen atoms in total. The van der Waals surface area contributed by atoms with E-state index in [1.807, 2.05) is 13.8 Å². The molecular weight excluding hydrogens is 270 g/mol. The highest BCUT2D eigenvalue weighted by atomic mass is 16.6. The third-order valence-corrected chi connectivity index (χ3v) is 2.56. The molecular formula is C16H21NO4. The van der Waals surface area contributed by atoms with Gasteiger partial charge < -0.3 is 15.2 Å². The third-order valence-electron chi connectivity index (χ3n) is 2.56. The van der Waals surface area contributed by atoms with Crippen molar-refractivity contribution >= 4 is 23.7 Å². The van der Waals surface area contributed by atoms with Crippen LogP contribution in [0.25, 0.3) is 6.08 Å². The van der Waals surface area contributed by atoms with Gasteiger partial charge in [0.25, 0.3) is 0 Å². The summed E-state index contributed by atoms with van der Waals surface area (Å²) in [5, 5.41) is 0. The summed E-state index contributed by atoms with van der Waals surface area (Å²) in [5.41, 5.74) is 6.78. The van der Waals surface area contributed by atoms with Gasteiger partial charge in [-0.1, -0.05) is 26.0 Å². The van der Waals surface area contributed by atoms with E-state index in [0.29, 0.717) is 24.1 Å². The van der Waals surface area contributed by atoms with Crippen LogP contribution in [0.1, 0.15) is 32.3 Å². The first-order chi connectivity index (χ1) is 10.1. The van der Waals surface area contributed by atoms with Crippen molar-refractivity contribution in [3.63, 3.8) is 0 Å². The lowest BCUT2D eigenvalue weighted by atomic mass is 10.1. The summed E-state index contributed by atoms with van der Waals surface area (Å²) in [5.74, 6) is -1.34. The van der Waals surface area contributed by atoms with Crippen LogP contribution in [0.4, 0.5) is 5.69 Å². The largest absolute Gasteiger partial charge is 0.462 e. The second kappa shape index (κ2) is 8.79. The van der Waals surface area contributed by atoms with Crippen molar-refractivity contribution < 1.29 is 19.1 Å². The van der Waals surface area contributed by atoms with Gasteiger partial charge in [0, 0.05) is 5.69 Å². The molecule has 0 atom stereocenters. The summed E-state index contributed by atoms with van der Waals surface area (Å²) in [6, 6.07) is 6.82. The second-order valence-corrected chi connectivity index (χ2v) is 4.50. The predicted molar refractivity (Wildman–Crippen MR) is 81.3 cm³/mol. The van der Waals surface area contributed by atoms with Crippen LogP contribution in [0.15, 0.2) is 29.8 Å². The number of rotatable bonds is 7. The minimum Gasteiger partial charge on any atom is -0.462 e. The van der Waals surface area contributed by atoms with Gasteiger partial charge in [-0.2, -0.15) is 0 Å². The van der Waals surface area contributed by atoms with Crippen LogP contribution in [-0.2, 0) is 19.1 Å². The number of nitrogen functional groups attached to an aromatic ring is 1. The average molecular weight is 291 g/mol. The average Bonchev–Trinajstić information content (AvgIpc) is 2.49. The molecule has 5 heteroatoms. The molecule has 0 aliphatic heterocycles. The molecule has 0 aliphatic rings. The Morgan fingerprint density at radius 1 is 1.00 bits per heavy atom. The molecule has 0 spiro atoms. The molecule has 0 radical (unpaired) electrons. The fraction of sp³-hybridized carbons (Fsp3) is 0.375. The maximum absolute atomic E-state index is 12.0. The molecule has 1 rings (SSSR count). The molecule has 0 fully saturated rings. The van der Waals surface area contributed by atoms with E-state index < -0.39 is 11.9 Å². The first-order valence-electron chi connectivity index (χ1n) is 7.00. The van der Waals surface area contributed by atoms with E-state index in [2.05, 4.69) is 0 Å². The van der Waals surface area contributed by atoms with Crippen molar-refractivity contribution in [2.45, 2.75) is 26.7 Å². The summed E-state index contributed by atoms with van der Waals surface area (Å²) in [6.07, 6.45) is 2.82. The SMILES string of the molecule is CCCOC(=O)C(=Cc1ccc(N)cc1)C(=O)OCCC. The minimum atomic E-state index is -0.672. The maximum Gasteiger partial charge on any atom is 0.345 e. The fourth-order valence-electron chi connectivity index (χ4n) is 1.51. The Hall–Kier alpha value is -2.30. The Kier molecular flexibility index (Phi) is 7.01. The van der Waals surface area contributed by atoms with E-state index in [4.69, 9.17) is 15.2 Å². The van der Waals surface area contributed by atoms with Crippen molar-refractivity contribution in [2.24, 2.45) is 0 Å². The molecule has 0 heterocycles. The van der Waals surface area contributed by atoms with Crippen molar-refractivity contribution in [3.8, 4) is 0 Å². The number of esters is 2. The Labute approximate surface area is 124 Å². The number of ether oxygens (including phenoxy) is 2. The van der Waals surface area contributed by atoms with Gasteiger partial charge in [0.05, 0.1) is 13.2 Å². The molecule has 0 aliphatic carbocycles. The van der Waals surface area contributed by atoms with Crippen LogP contribution in [0.5, 0.6) is 0 Å². The quantitative estimate of drug-likeness (QED) is 0.274. The lowest BCUT2D eigenvalue weighted by Gasteiger charge is -2.08. The van der Waals surface area contributed by atoms with E-state index in [-0.39, 0.29) is 18.8 Å². The normalized spacial score (nSPS) is 9.81. The molecule has 1 aromatic carbocycles. The lowest BCUT2D eigenvalue weighted by molar-refractivity contribution is -0.147. The smallest absolute Gasteiger partial charge is 0.345 e. The molecule has 0 saturated heterocycles. The summed E-state index contributed by atoms with van der Waals surface area (Å²) in [7, 11) is 0. The Balaban J connectivity index is 2.96. The van der Waals surface area contributed by atoms with Gasteiger partial charge in [-0.25, -0.2) is 9.59 Å². The number of benzene rings is 1. The predicted octanol–water partition coefficient (Wildman–Crippen LogP) is 2.56. The molecule has 0 amide bonds. The molecule has 1 aromatic rings. The number of hydrogen-bond acceptors (Lipinski definition) is 5. The number of nitrogens with two attached hydrogens (primary N) is 1. The van der Waals surface area contributed by atoms with Gasteiger partial charge >= 0.3 is 11.9 Å². The molecule has 2 N–H and O–H groups in total. The summed E-state index contributed by atoms with van der Waals surface area (Å²) >= 11 is 0. The zero-order chi connectivity index (χ0) is 15.7. The highest BCUT2D eigenvalue weighted by Gasteiger charge is 2.21. The Bertz CT molecular complexity index is 484. The first kappa shape index (κ1) is 16.8. The van der Waals surface area contributed by atoms with Crippen molar-refractivity contribution in [3.05, 3.63) is 35.4 Å². The summed E-state index contributed by atoms with van der Waals surface area (Å²) in [6.45, 7) is 4.29. The van der Waals surface area contributed by atoms with Gasteiger partial charge in [0.15, 0.2) is 0 Å². The van der Waals surface area contributed by atoms with Crippen LogP contribution < -0.4 is 5.73 Å². The van der Waals surface area contributed by atoms with Gasteiger partial charge in [-0.05, 0) is 36.6 Å². The highest BCUT2D eigenvalue weighted by Crippen LogP contribution is 2.13. The van der Waals surface area contributed by atoms with Crippen LogP contribution in [0, 0.1) is 0 Å². The number of carbonyl (C=O) groups excluding carboxylic acids is 2. The second-order valence-electron chi connectivity index (χ2n) is 4.50. The maximum atomic E-state index is 12.0. The molecule has 21 heavy (non-hydrogen) atoms. The van der Waals surface area contributed by atoms with E-state index in [1.165, 1.54) is 6.08 Å². The van der Waals surface area contributed by atoms with Gasteiger partial charge in [-0.3, -0.25) is 0 Å². The third kappa shape index (κ3) is 5.69. The summed E-state index contributed by atoms with van der Waals surface area (Å²) in [4.78, 5) is 23.9. The van der Waals surface area contributed by atoms with Crippen LogP contribution in [-0.4, -0.2) is 25.2 Å². The molecule has 0 saturated carbocycles. The number of anilines is 1. The van der Waals surface area contributed by atoms with Crippen LogP contribution >= 0.6 is 0 Å². The van der Waals surface area contributed by atoms with Crippen LogP contribution in [0.3, 0.4) is 0 Å². The van der Waals surface area contributed by atoms with E-state index >= 15 is 0 Å². The monoisotopic (exact) mass is 291 g/mol. The van der Waals surface area contributed by atoms with Gasteiger partial charge in [0.1, 0.15) is 5.57 Å². The molecule has 0 bridgehead atoms. The fourth-order valence-corrected chi connectivity index (χ4v) is 1.51. The van der Waals surface area contributed by atoms with E-state index in [9.17, 15) is 9.59 Å². The standard InChI is InChI=1S/C16H21NO4/c1-3-9-20-15(18)14(16(19)21-10-4-2)11-12-5-7-13(17)8-6-12/h5-8,11H,3-4,9-10,17H2,1-2H3. The zero-order valence-electron chi connectivity index (χ0n) is 12.4. The first-order valence-corrected chi connectivity index (χ1v) is 7.00. The zero-order valence-corrected chi connectivity index (χ0v) is 12.4. The molecule has 114 valence electrons. The van der Waals surface area contributed by atoms with Crippen LogP contribution in [0.2, 0.25) is 0 Å². The number of carbonyl (C=O) groups is 2. The van der Waals surface area contributed by atoms with E-state index in [1.54, 1.807) is 24.3 Å². The Morgan fingerprint density at radius 2 is 1.48 bits per heavy atom. The van der Waals surface area contributed by atoms with Crippen molar-refractivity contribution in [1.29, 1.82) is 0 Å². The Morgan fingerprint density at radius 3 is 1.90 bits per heavy atom. The molecule has 0 unspecified atom stereocenters. The van der Waals surface area contributed by atoms with Gasteiger partial charge in [0.2, 0.25) is 0 Å². The lowest BCUT2D eigenvalue weighted by Crippen LogP contribution is -2.19. The van der Waals surface area contributed by atoms with Crippen molar-refractivity contribution in [1.82, 2.24) is 0 Å².